The second kappa shape index (κ2) is 12.4. The second-order valence-electron chi connectivity index (χ2n) is 3.06. The van der Waals surface area contributed by atoms with Gasteiger partial charge in [-0.15, -0.1) is 0 Å². The summed E-state index contributed by atoms with van der Waals surface area (Å²) in [5.74, 6) is -0.485. The van der Waals surface area contributed by atoms with Crippen LogP contribution >= 0.6 is 8.58 Å². The molecule has 0 radical (unpaired) electrons. The van der Waals surface area contributed by atoms with E-state index in [1.807, 2.05) is 0 Å². The number of halogens is 4. The van der Waals surface area contributed by atoms with Crippen LogP contribution < -0.4 is 54.3 Å². The molecule has 7 heteroatoms. The molecule has 0 saturated heterocycles. The van der Waals surface area contributed by atoms with E-state index in [0.29, 0.717) is 0 Å². The van der Waals surface area contributed by atoms with Crippen molar-refractivity contribution in [2.75, 3.05) is 0 Å². The maximum absolute atomic E-state index is 12.6. The summed E-state index contributed by atoms with van der Waals surface area (Å²) in [7, 11) is 0.954. The van der Waals surface area contributed by atoms with Crippen molar-refractivity contribution in [2.45, 2.75) is 0 Å². The number of hydrogen-bond acceptors (Lipinski definition) is 0. The van der Waals surface area contributed by atoms with Crippen molar-refractivity contribution in [3.8, 4) is 0 Å². The van der Waals surface area contributed by atoms with E-state index in [-0.39, 0.29) is 78.4 Å². The van der Waals surface area contributed by atoms with E-state index in [0.717, 1.165) is 19.2 Å². The summed E-state index contributed by atoms with van der Waals surface area (Å²) >= 11 is 0. The van der Waals surface area contributed by atoms with Crippen LogP contribution in [0.5, 0.6) is 0 Å². The van der Waals surface area contributed by atoms with Crippen LogP contribution in [0.4, 0.5) is 8.78 Å². The van der Waals surface area contributed by atoms with E-state index in [1.54, 1.807) is 24.3 Å². The molecule has 0 fully saturated rings. The molecule has 2 aromatic rings. The minimum absolute atomic E-state index is 0. The van der Waals surface area contributed by atoms with Gasteiger partial charge in [0.15, 0.2) is 0 Å². The summed E-state index contributed by atoms with van der Waals surface area (Å²) in [4.78, 5) is 0. The van der Waals surface area contributed by atoms with Gasteiger partial charge < -0.3 is 33.4 Å². The van der Waals surface area contributed by atoms with Crippen molar-refractivity contribution in [3.63, 3.8) is 0 Å². The quantitative estimate of drug-likeness (QED) is 0.381. The molecule has 2 rings (SSSR count). The first-order chi connectivity index (χ1) is 7.24. The van der Waals surface area contributed by atoms with Gasteiger partial charge in [-0.1, -0.05) is 24.3 Å². The number of rotatable bonds is 2. The average molecular weight is 323 g/mol. The van der Waals surface area contributed by atoms with Gasteiger partial charge >= 0.3 is 41.9 Å². The average Bonchev–Trinajstić information content (AvgIpc) is 2.25. The van der Waals surface area contributed by atoms with Crippen LogP contribution in [0.3, 0.4) is 0 Å². The molecule has 0 aliphatic carbocycles. The van der Waals surface area contributed by atoms with Crippen LogP contribution in [-0.2, 0) is 0 Å². The largest absolute Gasteiger partial charge is 2.00 e. The van der Waals surface area contributed by atoms with Crippen molar-refractivity contribution in [1.82, 2.24) is 0 Å². The molecule has 2 aromatic carbocycles. The molecule has 0 saturated carbocycles. The van der Waals surface area contributed by atoms with Crippen LogP contribution in [0.25, 0.3) is 0 Å². The Morgan fingerprint density at radius 1 is 0.632 bits per heavy atom. The summed E-state index contributed by atoms with van der Waals surface area (Å²) in [6, 6.07) is 12.6. The normalized spacial score (nSPS) is 8.11. The van der Waals surface area contributed by atoms with Gasteiger partial charge in [-0.3, -0.25) is 0 Å². The topological polar surface area (TPSA) is 0 Å². The predicted octanol–water partition coefficient (Wildman–Crippen LogP) is -6.51. The Kier molecular flexibility index (Phi) is 16.1. The summed E-state index contributed by atoms with van der Waals surface area (Å²) in [5, 5.41) is 1.98. The number of hydrogen-bond donors (Lipinski definition) is 0. The molecular formula is C12H8Cl2F2LiMgP. The molecule has 0 aromatic heterocycles. The Morgan fingerprint density at radius 3 is 1.16 bits per heavy atom. The van der Waals surface area contributed by atoms with E-state index in [2.05, 4.69) is 0 Å². The van der Waals surface area contributed by atoms with Gasteiger partial charge in [0.05, 0.1) is 0 Å². The fraction of sp³-hybridized carbons (Fsp3) is 0. The third kappa shape index (κ3) is 8.53. The summed E-state index contributed by atoms with van der Waals surface area (Å²) < 4.78 is 25.3. The molecule has 0 unspecified atom stereocenters. The van der Waals surface area contributed by atoms with Gasteiger partial charge in [0.2, 0.25) is 0 Å². The van der Waals surface area contributed by atoms with E-state index in [1.165, 1.54) is 24.3 Å². The fourth-order valence-corrected chi connectivity index (χ4v) is 2.07. The molecule has 0 bridgehead atoms. The molecule has 0 spiro atoms. The maximum atomic E-state index is 12.6. The van der Waals surface area contributed by atoms with Gasteiger partial charge in [0.1, 0.15) is 11.6 Å². The molecular weight excluding hydrogens is 315 g/mol. The minimum Gasteiger partial charge on any atom is -1.00 e. The third-order valence-corrected chi connectivity index (χ3v) is 3.02. The zero-order chi connectivity index (χ0) is 10.7. The Labute approximate surface area is 154 Å². The van der Waals surface area contributed by atoms with Crippen molar-refractivity contribution in [1.29, 1.82) is 0 Å². The van der Waals surface area contributed by atoms with Crippen LogP contribution in [0, 0.1) is 11.6 Å². The first kappa shape index (κ1) is 24.7. The molecule has 0 aliphatic rings. The van der Waals surface area contributed by atoms with E-state index in [9.17, 15) is 8.78 Å². The van der Waals surface area contributed by atoms with Crippen molar-refractivity contribution < 1.29 is 52.5 Å². The van der Waals surface area contributed by atoms with Crippen molar-refractivity contribution in [2.24, 2.45) is 0 Å². The van der Waals surface area contributed by atoms with Crippen LogP contribution in [0.1, 0.15) is 0 Å². The SMILES string of the molecule is Fc1ccc([P-]c2ccc(F)cc2)cc1.[Cl-].[Cl-].[Li+].[Mg+2]. The van der Waals surface area contributed by atoms with Gasteiger partial charge in [-0.05, 0) is 24.3 Å². The van der Waals surface area contributed by atoms with Crippen molar-refractivity contribution in [3.05, 3.63) is 60.2 Å². The standard InChI is InChI=1S/C12H8F2P.2ClH.Li.Mg/c13-9-1-5-11(6-2-9)15-12-7-3-10(14)4-8-12;;;;/h1-8H;2*1H;;/q-1;;;+1;+2/p-2. The van der Waals surface area contributed by atoms with E-state index in [4.69, 9.17) is 0 Å². The smallest absolute Gasteiger partial charge is 1.00 e. The second-order valence-corrected chi connectivity index (χ2v) is 4.32. The molecule has 0 nitrogen and oxygen atoms in total. The summed E-state index contributed by atoms with van der Waals surface area (Å²) in [6.45, 7) is 0. The van der Waals surface area contributed by atoms with Crippen LogP contribution in [0.2, 0.25) is 0 Å². The van der Waals surface area contributed by atoms with Gasteiger partial charge in [-0.25, -0.2) is 8.78 Å². The summed E-state index contributed by atoms with van der Waals surface area (Å²) in [5.41, 5.74) is 0. The predicted molar refractivity (Wildman–Crippen MR) is 64.7 cm³/mol. The summed E-state index contributed by atoms with van der Waals surface area (Å²) in [6.07, 6.45) is 0. The van der Waals surface area contributed by atoms with Crippen LogP contribution in [-0.4, -0.2) is 23.1 Å². The first-order valence-corrected chi connectivity index (χ1v) is 5.36. The third-order valence-electron chi connectivity index (χ3n) is 1.91. The zero-order valence-electron chi connectivity index (χ0n) is 10.3. The fourth-order valence-electron chi connectivity index (χ4n) is 1.18. The molecule has 0 aliphatic heterocycles. The van der Waals surface area contributed by atoms with Crippen molar-refractivity contribution >= 4 is 42.2 Å². The zero-order valence-corrected chi connectivity index (χ0v) is 14.1. The molecule has 19 heavy (non-hydrogen) atoms. The minimum atomic E-state index is -0.243. The molecule has 0 atom stereocenters. The Morgan fingerprint density at radius 2 is 0.895 bits per heavy atom. The Hall–Kier alpha value is 0.674. The van der Waals surface area contributed by atoms with Gasteiger partial charge in [0, 0.05) is 0 Å². The Balaban J connectivity index is -0.000000640. The maximum Gasteiger partial charge on any atom is 2.00 e. The molecule has 0 heterocycles. The first-order valence-electron chi connectivity index (χ1n) is 4.47. The molecule has 92 valence electrons. The van der Waals surface area contributed by atoms with Gasteiger partial charge in [0.25, 0.3) is 0 Å². The van der Waals surface area contributed by atoms with E-state index < -0.39 is 0 Å². The Bertz CT molecular complexity index is 411. The van der Waals surface area contributed by atoms with Gasteiger partial charge in [-0.2, -0.15) is 10.6 Å². The van der Waals surface area contributed by atoms with Crippen LogP contribution in [0.15, 0.2) is 48.5 Å². The molecule has 0 amide bonds. The monoisotopic (exact) mass is 322 g/mol. The molecule has 0 N–H and O–H groups in total. The van der Waals surface area contributed by atoms with E-state index >= 15 is 0 Å². The number of benzene rings is 2.